The Hall–Kier alpha value is -0.814. The smallest absolute Gasteiger partial charge is 0.550 e. The number of rotatable bonds is 16. The fourth-order valence-corrected chi connectivity index (χ4v) is 2.34. The van der Waals surface area contributed by atoms with Crippen LogP contribution in [-0.2, 0) is 9.59 Å². The molecule has 0 rings (SSSR count). The third-order valence-electron chi connectivity index (χ3n) is 3.99. The van der Waals surface area contributed by atoms with Gasteiger partial charge < -0.3 is 19.8 Å². The van der Waals surface area contributed by atoms with Crippen molar-refractivity contribution < 1.29 is 19.8 Å². The minimum atomic E-state index is -1.19. The van der Waals surface area contributed by atoms with Crippen molar-refractivity contribution in [1.82, 2.24) is 0 Å². The number of carbonyl (C=O) groups excluding carboxylic acids is 2. The van der Waals surface area contributed by atoms with Crippen LogP contribution in [0.4, 0.5) is 0 Å². The molecule has 0 atom stereocenters. The van der Waals surface area contributed by atoms with E-state index in [9.17, 15) is 19.8 Å². The number of unbranched alkanes of at least 4 members (excludes halogenated alkanes) is 11. The summed E-state index contributed by atoms with van der Waals surface area (Å²) in [6, 6.07) is 0. The van der Waals surface area contributed by atoms with E-state index < -0.39 is 11.9 Å². The van der Waals surface area contributed by atoms with Crippen LogP contribution in [0.1, 0.15) is 104 Å². The molecule has 0 amide bonds. The molecule has 0 bridgehead atoms. The topological polar surface area (TPSA) is 80.3 Å². The Bertz CT molecular complexity index is 380. The Morgan fingerprint density at radius 2 is 1.15 bits per heavy atom. The number of hydrogen-bond acceptors (Lipinski definition) is 4. The Labute approximate surface area is 182 Å². The van der Waals surface area contributed by atoms with Gasteiger partial charge in [0.2, 0.25) is 0 Å². The van der Waals surface area contributed by atoms with E-state index in [-0.39, 0.29) is 35.0 Å². The molecule has 0 aliphatic carbocycles. The Morgan fingerprint density at radius 1 is 0.778 bits per heavy atom. The average Bonchev–Trinajstić information content (AvgIpc) is 2.58. The molecule has 0 aliphatic rings. The summed E-state index contributed by atoms with van der Waals surface area (Å²) in [5.74, 6) is -2.10. The van der Waals surface area contributed by atoms with Crippen molar-refractivity contribution in [2.24, 2.45) is 0 Å². The molecule has 0 radical (unpaired) electrons. The second-order valence-corrected chi connectivity index (χ2v) is 6.77. The molecule has 0 aromatic rings. The summed E-state index contributed by atoms with van der Waals surface area (Å²) in [4.78, 5) is 19.7. The second-order valence-electron chi connectivity index (χ2n) is 6.77. The molecule has 0 N–H and O–H groups in total. The van der Waals surface area contributed by atoms with E-state index in [1.165, 1.54) is 71.1 Å². The largest absolute Gasteiger partial charge is 2.00 e. The van der Waals surface area contributed by atoms with Crippen molar-refractivity contribution in [3.8, 4) is 0 Å². The SMILES string of the molecule is C=C(C)C(=O)[O-].CCCCCCCC/C=C/CCCCCCCC(=O)[O-].[Mg+2]. The monoisotopic (exact) mass is 390 g/mol. The van der Waals surface area contributed by atoms with Crippen molar-refractivity contribution in [2.75, 3.05) is 0 Å². The van der Waals surface area contributed by atoms with Gasteiger partial charge in [0.1, 0.15) is 0 Å². The minimum Gasteiger partial charge on any atom is -0.550 e. The zero-order valence-corrected chi connectivity index (χ0v) is 19.0. The third kappa shape index (κ3) is 33.2. The first kappa shape index (κ1) is 30.9. The number of carbonyl (C=O) groups is 2. The summed E-state index contributed by atoms with van der Waals surface area (Å²) in [6.45, 7) is 6.73. The first-order chi connectivity index (χ1) is 12.4. The second kappa shape index (κ2) is 25.2. The van der Waals surface area contributed by atoms with E-state index >= 15 is 0 Å². The summed E-state index contributed by atoms with van der Waals surface area (Å²) in [7, 11) is 0. The average molecular weight is 391 g/mol. The van der Waals surface area contributed by atoms with Crippen LogP contribution >= 0.6 is 0 Å². The molecule has 152 valence electrons. The van der Waals surface area contributed by atoms with Crippen LogP contribution in [-0.4, -0.2) is 35.0 Å². The molecule has 0 saturated heterocycles. The number of carboxylic acid groups (broad SMARTS) is 2. The summed E-state index contributed by atoms with van der Waals surface area (Å²) in [6.07, 6.45) is 20.9. The van der Waals surface area contributed by atoms with Gasteiger partial charge in [-0.15, -0.1) is 0 Å². The minimum absolute atomic E-state index is 0. The van der Waals surface area contributed by atoms with Gasteiger partial charge in [0.25, 0.3) is 0 Å². The van der Waals surface area contributed by atoms with Crippen LogP contribution in [0.25, 0.3) is 0 Å². The van der Waals surface area contributed by atoms with Crippen LogP contribution < -0.4 is 10.2 Å². The Kier molecular flexibility index (Phi) is 28.8. The Morgan fingerprint density at radius 3 is 1.52 bits per heavy atom. The molecule has 4 nitrogen and oxygen atoms in total. The molecule has 0 heterocycles. The molecule has 0 aromatic carbocycles. The fraction of sp³-hybridized carbons (Fsp3) is 0.727. The zero-order valence-electron chi connectivity index (χ0n) is 17.6. The fourth-order valence-electron chi connectivity index (χ4n) is 2.34. The first-order valence-electron chi connectivity index (χ1n) is 10.1. The molecule has 0 fully saturated rings. The van der Waals surface area contributed by atoms with Gasteiger partial charge in [0.15, 0.2) is 0 Å². The van der Waals surface area contributed by atoms with E-state index in [1.807, 2.05) is 0 Å². The number of aliphatic carboxylic acids is 2. The number of carboxylic acids is 2. The van der Waals surface area contributed by atoms with E-state index in [4.69, 9.17) is 0 Å². The van der Waals surface area contributed by atoms with Crippen LogP contribution in [0.15, 0.2) is 24.3 Å². The Balaban J connectivity index is -0.000000709. The molecular weight excluding hydrogens is 353 g/mol. The van der Waals surface area contributed by atoms with Gasteiger partial charge in [-0.3, -0.25) is 0 Å². The summed E-state index contributed by atoms with van der Waals surface area (Å²) in [5.41, 5.74) is 0.0648. The molecule has 0 saturated carbocycles. The van der Waals surface area contributed by atoms with Gasteiger partial charge in [0.05, 0.1) is 5.97 Å². The molecule has 27 heavy (non-hydrogen) atoms. The molecular formula is C22H38MgO4. The van der Waals surface area contributed by atoms with E-state index in [0.717, 1.165) is 19.3 Å². The molecule has 0 aromatic heterocycles. The molecule has 0 spiro atoms. The van der Waals surface area contributed by atoms with Crippen LogP contribution in [0.2, 0.25) is 0 Å². The van der Waals surface area contributed by atoms with Gasteiger partial charge in [-0.05, 0) is 51.0 Å². The van der Waals surface area contributed by atoms with Crippen molar-refractivity contribution in [1.29, 1.82) is 0 Å². The zero-order chi connectivity index (χ0) is 20.0. The van der Waals surface area contributed by atoms with Crippen LogP contribution in [0.5, 0.6) is 0 Å². The maximum Gasteiger partial charge on any atom is 2.00 e. The third-order valence-corrected chi connectivity index (χ3v) is 3.99. The normalized spacial score (nSPS) is 10.0. The quantitative estimate of drug-likeness (QED) is 0.174. The summed E-state index contributed by atoms with van der Waals surface area (Å²) < 4.78 is 0. The predicted octanol–water partition coefficient (Wildman–Crippen LogP) is 3.71. The van der Waals surface area contributed by atoms with Crippen molar-refractivity contribution in [2.45, 2.75) is 104 Å². The summed E-state index contributed by atoms with van der Waals surface area (Å²) >= 11 is 0. The van der Waals surface area contributed by atoms with Gasteiger partial charge in [-0.1, -0.05) is 77.0 Å². The van der Waals surface area contributed by atoms with E-state index in [1.54, 1.807) is 0 Å². The van der Waals surface area contributed by atoms with Crippen molar-refractivity contribution >= 4 is 35.0 Å². The van der Waals surface area contributed by atoms with Crippen molar-refractivity contribution in [3.05, 3.63) is 24.3 Å². The first-order valence-corrected chi connectivity index (χ1v) is 10.1. The molecule has 0 aliphatic heterocycles. The molecule has 0 unspecified atom stereocenters. The van der Waals surface area contributed by atoms with Crippen LogP contribution in [0.3, 0.4) is 0 Å². The summed E-state index contributed by atoms with van der Waals surface area (Å²) in [5, 5.41) is 19.7. The maximum atomic E-state index is 10.2. The predicted molar refractivity (Wildman–Crippen MR) is 110 cm³/mol. The number of hydrogen-bond donors (Lipinski definition) is 0. The van der Waals surface area contributed by atoms with Gasteiger partial charge in [0, 0.05) is 5.97 Å². The van der Waals surface area contributed by atoms with Gasteiger partial charge >= 0.3 is 23.1 Å². The molecule has 5 heteroatoms. The number of allylic oxidation sites excluding steroid dienone is 2. The van der Waals surface area contributed by atoms with E-state index in [0.29, 0.717) is 0 Å². The van der Waals surface area contributed by atoms with Crippen LogP contribution in [0, 0.1) is 0 Å². The van der Waals surface area contributed by atoms with Crippen molar-refractivity contribution in [3.63, 3.8) is 0 Å². The van der Waals surface area contributed by atoms with Gasteiger partial charge in [-0.25, -0.2) is 0 Å². The standard InChI is InChI=1S/C18H34O2.C4H6O2.Mg/c1-2-3-4-5-6-7-8-9-10-11-12-13-14-15-16-17-18(19)20;1-3(2)4(5)6;/h9-10H,2-8,11-17H2,1H3,(H,19,20);1H2,2H3,(H,5,6);/q;;+2/p-2/b10-9+;;. The maximum absolute atomic E-state index is 10.2. The van der Waals surface area contributed by atoms with E-state index in [2.05, 4.69) is 25.7 Å². The van der Waals surface area contributed by atoms with Gasteiger partial charge in [-0.2, -0.15) is 0 Å².